The Balaban J connectivity index is 1.58. The van der Waals surface area contributed by atoms with Crippen LogP contribution in [0.4, 0.5) is 17.1 Å². The van der Waals surface area contributed by atoms with Crippen LogP contribution in [0.2, 0.25) is 0 Å². The number of nitro groups is 1. The van der Waals surface area contributed by atoms with Crippen molar-refractivity contribution in [3.63, 3.8) is 0 Å². The van der Waals surface area contributed by atoms with E-state index in [2.05, 4.69) is 10.6 Å². The molecule has 0 bridgehead atoms. The molecule has 1 amide bonds. The van der Waals surface area contributed by atoms with Crippen molar-refractivity contribution < 1.29 is 18.9 Å². The number of hydrogen-bond acceptors (Lipinski definition) is 6. The van der Waals surface area contributed by atoms with Crippen LogP contribution in [0.15, 0.2) is 77.2 Å². The van der Waals surface area contributed by atoms with Crippen LogP contribution in [-0.4, -0.2) is 23.2 Å². The molecule has 0 radical (unpaired) electrons. The van der Waals surface area contributed by atoms with Gasteiger partial charge in [-0.3, -0.25) is 19.7 Å². The van der Waals surface area contributed by atoms with Gasteiger partial charge in [0.15, 0.2) is 5.78 Å². The molecule has 32 heavy (non-hydrogen) atoms. The lowest BCUT2D eigenvalue weighted by atomic mass is 10.1. The van der Waals surface area contributed by atoms with Gasteiger partial charge >= 0.3 is 0 Å². The molecule has 4 aromatic rings. The Morgan fingerprint density at radius 3 is 2.47 bits per heavy atom. The second kappa shape index (κ2) is 8.73. The minimum atomic E-state index is -0.525. The Bertz CT molecular complexity index is 1330. The van der Waals surface area contributed by atoms with Gasteiger partial charge < -0.3 is 15.1 Å². The van der Waals surface area contributed by atoms with Crippen molar-refractivity contribution in [2.45, 2.75) is 6.92 Å². The Kier molecular flexibility index (Phi) is 5.67. The van der Waals surface area contributed by atoms with E-state index in [0.717, 1.165) is 5.56 Å². The molecule has 0 aliphatic rings. The van der Waals surface area contributed by atoms with E-state index >= 15 is 0 Å². The van der Waals surface area contributed by atoms with Crippen LogP contribution < -0.4 is 10.6 Å². The minimum absolute atomic E-state index is 0.0594. The topological polar surface area (TPSA) is 114 Å². The maximum atomic E-state index is 12.9. The molecule has 8 heteroatoms. The lowest BCUT2D eigenvalue weighted by molar-refractivity contribution is -0.384. The molecule has 3 aromatic carbocycles. The molecule has 0 spiro atoms. The number of anilines is 2. The summed E-state index contributed by atoms with van der Waals surface area (Å²) in [6, 6.07) is 19.9. The van der Waals surface area contributed by atoms with E-state index in [1.165, 1.54) is 24.3 Å². The van der Waals surface area contributed by atoms with Crippen LogP contribution in [0.1, 0.15) is 26.5 Å². The summed E-state index contributed by atoms with van der Waals surface area (Å²) in [5, 5.41) is 17.3. The number of para-hydroxylation sites is 1. The molecule has 0 atom stereocenters. The zero-order valence-electron chi connectivity index (χ0n) is 17.1. The number of carbonyl (C=O) groups excluding carboxylic acids is 2. The summed E-state index contributed by atoms with van der Waals surface area (Å²) >= 11 is 0. The van der Waals surface area contributed by atoms with E-state index in [4.69, 9.17) is 4.42 Å². The number of hydrogen-bond donors (Lipinski definition) is 2. The highest BCUT2D eigenvalue weighted by molar-refractivity contribution is 6.12. The van der Waals surface area contributed by atoms with Crippen molar-refractivity contribution >= 4 is 39.7 Å². The number of Topliss-reactive ketones (excluding diaryl/α,β-unsaturated/α-hetero) is 1. The van der Waals surface area contributed by atoms with E-state index in [1.54, 1.807) is 24.3 Å². The Morgan fingerprint density at radius 2 is 1.75 bits per heavy atom. The van der Waals surface area contributed by atoms with E-state index in [9.17, 15) is 19.7 Å². The van der Waals surface area contributed by atoms with Gasteiger partial charge in [0.1, 0.15) is 5.58 Å². The molecule has 0 aliphatic heterocycles. The molecule has 0 fully saturated rings. The van der Waals surface area contributed by atoms with Gasteiger partial charge in [-0.05, 0) is 48.9 Å². The molecule has 2 N–H and O–H groups in total. The minimum Gasteiger partial charge on any atom is -0.449 e. The summed E-state index contributed by atoms with van der Waals surface area (Å²) in [7, 11) is 0. The highest BCUT2D eigenvalue weighted by atomic mass is 16.6. The lowest BCUT2D eigenvalue weighted by Crippen LogP contribution is -2.17. The van der Waals surface area contributed by atoms with Gasteiger partial charge in [-0.1, -0.05) is 24.3 Å². The fourth-order valence-electron chi connectivity index (χ4n) is 3.33. The number of benzene rings is 3. The molecule has 1 aromatic heterocycles. The predicted molar refractivity (Wildman–Crippen MR) is 121 cm³/mol. The van der Waals surface area contributed by atoms with Gasteiger partial charge in [0.25, 0.3) is 11.6 Å². The number of nitrogens with one attached hydrogen (secondary N) is 2. The lowest BCUT2D eigenvalue weighted by Gasteiger charge is -2.08. The van der Waals surface area contributed by atoms with Crippen LogP contribution in [0.25, 0.3) is 11.0 Å². The average molecular weight is 429 g/mol. The molecule has 4 rings (SSSR count). The third-order valence-corrected chi connectivity index (χ3v) is 4.90. The number of aryl methyl sites for hydroxylation is 1. The fourth-order valence-corrected chi connectivity index (χ4v) is 3.33. The van der Waals surface area contributed by atoms with Crippen molar-refractivity contribution in [3.8, 4) is 0 Å². The zero-order chi connectivity index (χ0) is 22.7. The first-order valence-corrected chi connectivity index (χ1v) is 9.83. The highest BCUT2D eigenvalue weighted by Crippen LogP contribution is 2.31. The van der Waals surface area contributed by atoms with Gasteiger partial charge in [-0.15, -0.1) is 0 Å². The number of non-ortho nitro benzene ring substituents is 1. The van der Waals surface area contributed by atoms with Crippen LogP contribution in [0.3, 0.4) is 0 Å². The zero-order valence-corrected chi connectivity index (χ0v) is 17.1. The van der Waals surface area contributed by atoms with Crippen molar-refractivity contribution in [2.75, 3.05) is 17.2 Å². The standard InChI is InChI=1S/C24H19N3O5/c1-15-5-4-6-17(13-15)26-24(29)23-22(19-7-2-3-8-21(19)32-23)25-14-20(28)16-9-11-18(12-10-16)27(30)31/h2-13,25H,14H2,1H3,(H,26,29). The number of rotatable bonds is 7. The van der Waals surface area contributed by atoms with Crippen molar-refractivity contribution in [3.05, 3.63) is 99.8 Å². The molecule has 0 aliphatic carbocycles. The summed E-state index contributed by atoms with van der Waals surface area (Å²) in [6.45, 7) is 1.81. The Labute approximate surface area is 183 Å². The van der Waals surface area contributed by atoms with E-state index in [0.29, 0.717) is 27.9 Å². The second-order valence-corrected chi connectivity index (χ2v) is 7.21. The number of amides is 1. The third kappa shape index (κ3) is 4.34. The van der Waals surface area contributed by atoms with Crippen LogP contribution in [-0.2, 0) is 0 Å². The number of ketones is 1. The number of furan rings is 1. The maximum absolute atomic E-state index is 12.9. The molecule has 1 heterocycles. The van der Waals surface area contributed by atoms with Gasteiger partial charge in [0.2, 0.25) is 5.76 Å². The Hall–Kier alpha value is -4.46. The normalized spacial score (nSPS) is 10.7. The molecule has 0 saturated carbocycles. The summed E-state index contributed by atoms with van der Waals surface area (Å²) in [6.07, 6.45) is 0. The first-order chi connectivity index (χ1) is 15.4. The van der Waals surface area contributed by atoms with E-state index < -0.39 is 10.8 Å². The first kappa shape index (κ1) is 20.8. The van der Waals surface area contributed by atoms with Crippen molar-refractivity contribution in [2.24, 2.45) is 0 Å². The number of nitrogens with zero attached hydrogens (tertiary/aromatic N) is 1. The monoisotopic (exact) mass is 429 g/mol. The number of nitro benzene ring substituents is 1. The first-order valence-electron chi connectivity index (χ1n) is 9.83. The fraction of sp³-hybridized carbons (Fsp3) is 0.0833. The van der Waals surface area contributed by atoms with Gasteiger partial charge in [0.05, 0.1) is 17.2 Å². The maximum Gasteiger partial charge on any atom is 0.293 e. The molecular weight excluding hydrogens is 410 g/mol. The van der Waals surface area contributed by atoms with Crippen molar-refractivity contribution in [1.82, 2.24) is 0 Å². The number of carbonyl (C=O) groups is 2. The SMILES string of the molecule is Cc1cccc(NC(=O)c2oc3ccccc3c2NCC(=O)c2ccc([N+](=O)[O-])cc2)c1. The van der Waals surface area contributed by atoms with Gasteiger partial charge in [-0.2, -0.15) is 0 Å². The average Bonchev–Trinajstić information content (AvgIpc) is 3.16. The highest BCUT2D eigenvalue weighted by Gasteiger charge is 2.21. The molecular formula is C24H19N3O5. The van der Waals surface area contributed by atoms with E-state index in [1.807, 2.05) is 31.2 Å². The molecule has 0 unspecified atom stereocenters. The van der Waals surface area contributed by atoms with Crippen molar-refractivity contribution in [1.29, 1.82) is 0 Å². The quantitative estimate of drug-likeness (QED) is 0.237. The summed E-state index contributed by atoms with van der Waals surface area (Å²) in [5.41, 5.74) is 2.77. The Morgan fingerprint density at radius 1 is 1.00 bits per heavy atom. The second-order valence-electron chi connectivity index (χ2n) is 7.21. The van der Waals surface area contributed by atoms with E-state index in [-0.39, 0.29) is 23.8 Å². The van der Waals surface area contributed by atoms with Gasteiger partial charge in [0, 0.05) is 28.8 Å². The van der Waals surface area contributed by atoms with Crippen LogP contribution in [0, 0.1) is 17.0 Å². The number of fused-ring (bicyclic) bond motifs is 1. The molecule has 160 valence electrons. The smallest absolute Gasteiger partial charge is 0.293 e. The van der Waals surface area contributed by atoms with Gasteiger partial charge in [-0.25, -0.2) is 0 Å². The third-order valence-electron chi connectivity index (χ3n) is 4.90. The molecule has 8 nitrogen and oxygen atoms in total. The molecule has 0 saturated heterocycles. The summed E-state index contributed by atoms with van der Waals surface area (Å²) < 4.78 is 5.78. The summed E-state index contributed by atoms with van der Waals surface area (Å²) in [5.74, 6) is -0.670. The largest absolute Gasteiger partial charge is 0.449 e. The van der Waals surface area contributed by atoms with Crippen LogP contribution in [0.5, 0.6) is 0 Å². The van der Waals surface area contributed by atoms with Crippen LogP contribution >= 0.6 is 0 Å². The predicted octanol–water partition coefficient (Wildman–Crippen LogP) is 5.20. The summed E-state index contributed by atoms with van der Waals surface area (Å²) in [4.78, 5) is 35.8.